The molecule has 1 unspecified atom stereocenters. The average molecular weight is 195 g/mol. The van der Waals surface area contributed by atoms with Gasteiger partial charge in [-0.3, -0.25) is 0 Å². The van der Waals surface area contributed by atoms with Crippen molar-refractivity contribution in [2.24, 2.45) is 13.0 Å². The zero-order valence-corrected chi connectivity index (χ0v) is 9.62. The zero-order valence-electron chi connectivity index (χ0n) is 9.62. The van der Waals surface area contributed by atoms with Gasteiger partial charge in [-0.05, 0) is 19.4 Å². The van der Waals surface area contributed by atoms with E-state index in [9.17, 15) is 0 Å². The second-order valence-electron chi connectivity index (χ2n) is 4.13. The molecule has 0 aromatic carbocycles. The van der Waals surface area contributed by atoms with Gasteiger partial charge in [-0.2, -0.15) is 0 Å². The molecule has 0 amide bonds. The average Bonchev–Trinajstić information content (AvgIpc) is 2.52. The lowest BCUT2D eigenvalue weighted by Crippen LogP contribution is -2.31. The molecule has 1 atom stereocenters. The van der Waals surface area contributed by atoms with E-state index in [0.29, 0.717) is 12.0 Å². The number of imidazole rings is 1. The van der Waals surface area contributed by atoms with Crippen LogP contribution in [-0.2, 0) is 13.5 Å². The Balaban J connectivity index is 2.43. The summed E-state index contributed by atoms with van der Waals surface area (Å²) in [5, 5.41) is 3.35. The molecular weight excluding hydrogens is 174 g/mol. The van der Waals surface area contributed by atoms with Crippen LogP contribution >= 0.6 is 0 Å². The third kappa shape index (κ3) is 2.84. The Labute approximate surface area is 86.5 Å². The highest BCUT2D eigenvalue weighted by Gasteiger charge is 2.11. The first-order valence-electron chi connectivity index (χ1n) is 5.28. The molecule has 0 bridgehead atoms. The van der Waals surface area contributed by atoms with Gasteiger partial charge in [0, 0.05) is 31.9 Å². The van der Waals surface area contributed by atoms with Gasteiger partial charge in [-0.25, -0.2) is 4.98 Å². The first kappa shape index (κ1) is 11.2. The molecule has 0 aliphatic carbocycles. The van der Waals surface area contributed by atoms with Crippen molar-refractivity contribution in [3.8, 4) is 0 Å². The van der Waals surface area contributed by atoms with Crippen LogP contribution in [0.4, 0.5) is 0 Å². The number of aryl methyl sites for hydroxylation is 2. The molecule has 3 nitrogen and oxygen atoms in total. The first-order valence-corrected chi connectivity index (χ1v) is 5.28. The minimum absolute atomic E-state index is 0.590. The van der Waals surface area contributed by atoms with Gasteiger partial charge < -0.3 is 9.88 Å². The fourth-order valence-corrected chi connectivity index (χ4v) is 1.73. The van der Waals surface area contributed by atoms with Crippen molar-refractivity contribution in [3.05, 3.63) is 18.2 Å². The largest absolute Gasteiger partial charge is 0.338 e. The molecule has 3 heteroatoms. The fraction of sp³-hybridized carbons (Fsp3) is 0.727. The highest BCUT2D eigenvalue weighted by atomic mass is 15.0. The minimum Gasteiger partial charge on any atom is -0.338 e. The predicted molar refractivity (Wildman–Crippen MR) is 59.2 cm³/mol. The van der Waals surface area contributed by atoms with Crippen molar-refractivity contribution in [1.82, 2.24) is 14.9 Å². The molecule has 0 saturated carbocycles. The molecule has 0 aliphatic heterocycles. The van der Waals surface area contributed by atoms with Crippen molar-refractivity contribution in [1.29, 1.82) is 0 Å². The first-order chi connectivity index (χ1) is 6.65. The van der Waals surface area contributed by atoms with E-state index < -0.39 is 0 Å². The number of hydrogen-bond donors (Lipinski definition) is 1. The summed E-state index contributed by atoms with van der Waals surface area (Å²) in [6, 6.07) is 0.590. The van der Waals surface area contributed by atoms with Gasteiger partial charge in [0.2, 0.25) is 0 Å². The SMILES string of the molecule is CNC(CCc1nccn1C)C(C)C. The van der Waals surface area contributed by atoms with Gasteiger partial charge in [0.15, 0.2) is 0 Å². The summed E-state index contributed by atoms with van der Waals surface area (Å²) in [4.78, 5) is 4.32. The van der Waals surface area contributed by atoms with Crippen LogP contribution < -0.4 is 5.32 Å². The van der Waals surface area contributed by atoms with Crippen molar-refractivity contribution in [3.63, 3.8) is 0 Å². The molecule has 1 aromatic rings. The minimum atomic E-state index is 0.590. The Morgan fingerprint density at radius 1 is 1.50 bits per heavy atom. The third-order valence-electron chi connectivity index (χ3n) is 2.78. The third-order valence-corrected chi connectivity index (χ3v) is 2.78. The molecular formula is C11H21N3. The summed E-state index contributed by atoms with van der Waals surface area (Å²) < 4.78 is 2.09. The van der Waals surface area contributed by atoms with E-state index >= 15 is 0 Å². The maximum Gasteiger partial charge on any atom is 0.108 e. The molecule has 0 spiro atoms. The highest BCUT2D eigenvalue weighted by molar-refractivity contribution is 4.92. The molecule has 1 N–H and O–H groups in total. The van der Waals surface area contributed by atoms with Crippen molar-refractivity contribution < 1.29 is 0 Å². The number of rotatable bonds is 5. The summed E-state index contributed by atoms with van der Waals surface area (Å²) in [5.41, 5.74) is 0. The van der Waals surface area contributed by atoms with Gasteiger partial charge >= 0.3 is 0 Å². The van der Waals surface area contributed by atoms with Crippen molar-refractivity contribution >= 4 is 0 Å². The lowest BCUT2D eigenvalue weighted by Gasteiger charge is -2.19. The van der Waals surface area contributed by atoms with Gasteiger partial charge in [0.05, 0.1) is 0 Å². The van der Waals surface area contributed by atoms with Crippen LogP contribution in [0.15, 0.2) is 12.4 Å². The van der Waals surface area contributed by atoms with E-state index in [1.807, 2.05) is 26.5 Å². The molecule has 1 aromatic heterocycles. The van der Waals surface area contributed by atoms with Crippen LogP contribution in [0.5, 0.6) is 0 Å². The second kappa shape index (κ2) is 5.15. The van der Waals surface area contributed by atoms with E-state index in [1.165, 1.54) is 5.82 Å². The molecule has 0 aliphatic rings. The lowest BCUT2D eigenvalue weighted by atomic mass is 9.99. The number of hydrogen-bond acceptors (Lipinski definition) is 2. The molecule has 80 valence electrons. The fourth-order valence-electron chi connectivity index (χ4n) is 1.73. The monoisotopic (exact) mass is 195 g/mol. The van der Waals surface area contributed by atoms with Gasteiger partial charge in [-0.15, -0.1) is 0 Å². The van der Waals surface area contributed by atoms with Crippen LogP contribution in [-0.4, -0.2) is 22.6 Å². The lowest BCUT2D eigenvalue weighted by molar-refractivity contribution is 0.399. The summed E-state index contributed by atoms with van der Waals surface area (Å²) in [6.45, 7) is 4.50. The molecule has 0 fully saturated rings. The molecule has 0 saturated heterocycles. The van der Waals surface area contributed by atoms with Gasteiger partial charge in [0.25, 0.3) is 0 Å². The van der Waals surface area contributed by atoms with Crippen molar-refractivity contribution in [2.75, 3.05) is 7.05 Å². The van der Waals surface area contributed by atoms with Gasteiger partial charge in [0.1, 0.15) is 5.82 Å². The quantitative estimate of drug-likeness (QED) is 0.773. The predicted octanol–water partition coefficient (Wildman–Crippen LogP) is 1.60. The van der Waals surface area contributed by atoms with Crippen molar-refractivity contribution in [2.45, 2.75) is 32.7 Å². The second-order valence-corrected chi connectivity index (χ2v) is 4.13. The van der Waals surface area contributed by atoms with Gasteiger partial charge in [-0.1, -0.05) is 13.8 Å². The van der Waals surface area contributed by atoms with E-state index in [1.54, 1.807) is 0 Å². The van der Waals surface area contributed by atoms with Crippen LogP contribution in [0.3, 0.4) is 0 Å². The highest BCUT2D eigenvalue weighted by Crippen LogP contribution is 2.09. The topological polar surface area (TPSA) is 29.9 Å². The normalized spacial score (nSPS) is 13.5. The Hall–Kier alpha value is -0.830. The van der Waals surface area contributed by atoms with Crippen LogP contribution in [0.2, 0.25) is 0 Å². The summed E-state index contributed by atoms with van der Waals surface area (Å²) in [5.74, 6) is 1.85. The molecule has 0 radical (unpaired) electrons. The Morgan fingerprint density at radius 3 is 2.64 bits per heavy atom. The smallest absolute Gasteiger partial charge is 0.108 e. The summed E-state index contributed by atoms with van der Waals surface area (Å²) in [7, 11) is 4.08. The Kier molecular flexibility index (Phi) is 4.14. The molecule has 1 rings (SSSR count). The maximum absolute atomic E-state index is 4.32. The van der Waals surface area contributed by atoms with E-state index in [-0.39, 0.29) is 0 Å². The molecule has 1 heterocycles. The number of nitrogens with one attached hydrogen (secondary N) is 1. The Morgan fingerprint density at radius 2 is 2.21 bits per heavy atom. The van der Waals surface area contributed by atoms with E-state index in [2.05, 4.69) is 28.7 Å². The molecule has 14 heavy (non-hydrogen) atoms. The maximum atomic E-state index is 4.32. The van der Waals surface area contributed by atoms with E-state index in [0.717, 1.165) is 12.8 Å². The number of aromatic nitrogens is 2. The van der Waals surface area contributed by atoms with Crippen LogP contribution in [0.1, 0.15) is 26.1 Å². The van der Waals surface area contributed by atoms with Crippen LogP contribution in [0, 0.1) is 5.92 Å². The standard InChI is InChI=1S/C11H21N3/c1-9(2)10(12-3)5-6-11-13-7-8-14(11)4/h7-10,12H,5-6H2,1-4H3. The zero-order chi connectivity index (χ0) is 10.6. The Bertz CT molecular complexity index is 265. The van der Waals surface area contributed by atoms with Crippen LogP contribution in [0.25, 0.3) is 0 Å². The van der Waals surface area contributed by atoms with E-state index in [4.69, 9.17) is 0 Å². The number of nitrogens with zero attached hydrogens (tertiary/aromatic N) is 2. The summed E-state index contributed by atoms with van der Waals surface area (Å²) in [6.07, 6.45) is 6.06. The summed E-state index contributed by atoms with van der Waals surface area (Å²) >= 11 is 0.